The lowest BCUT2D eigenvalue weighted by Crippen LogP contribution is -2.38. The number of benzene rings is 2. The number of hydrogen-bond acceptors (Lipinski definition) is 2. The van der Waals surface area contributed by atoms with E-state index in [1.165, 1.54) is 5.56 Å². The van der Waals surface area contributed by atoms with E-state index in [1.54, 1.807) is 13.1 Å². The zero-order chi connectivity index (χ0) is 18.9. The smallest absolute Gasteiger partial charge is 0.251 e. The second-order valence-electron chi connectivity index (χ2n) is 5.90. The minimum atomic E-state index is -0.0891. The van der Waals surface area contributed by atoms with Crippen molar-refractivity contribution in [2.45, 2.75) is 20.0 Å². The van der Waals surface area contributed by atoms with Gasteiger partial charge in [0.1, 0.15) is 0 Å². The Morgan fingerprint density at radius 2 is 1.93 bits per heavy atom. The molecule has 5 nitrogen and oxygen atoms in total. The molecule has 0 aliphatic heterocycles. The lowest BCUT2D eigenvalue weighted by molar-refractivity contribution is 0.0963. The molecule has 27 heavy (non-hydrogen) atoms. The maximum atomic E-state index is 11.8. The maximum Gasteiger partial charge on any atom is 0.251 e. The summed E-state index contributed by atoms with van der Waals surface area (Å²) in [5, 5.41) is 5.97. The highest BCUT2D eigenvalue weighted by Gasteiger charge is 2.09. The Hall–Kier alpha value is -1.61. The number of amides is 1. The summed E-state index contributed by atoms with van der Waals surface area (Å²) in [5.41, 5.74) is 2.84. The Labute approximate surface area is 186 Å². The Kier molecular flexibility index (Phi) is 10.4. The molecule has 0 aliphatic rings. The van der Waals surface area contributed by atoms with Crippen LogP contribution < -0.4 is 10.6 Å². The van der Waals surface area contributed by atoms with Crippen LogP contribution in [0.3, 0.4) is 0 Å². The Balaban J connectivity index is 0.00000364. The number of nitrogens with zero attached hydrogens (tertiary/aromatic N) is 2. The van der Waals surface area contributed by atoms with Crippen molar-refractivity contribution in [3.05, 3.63) is 69.7 Å². The van der Waals surface area contributed by atoms with Crippen LogP contribution in [-0.2, 0) is 13.1 Å². The van der Waals surface area contributed by atoms with Gasteiger partial charge in [-0.05, 0) is 36.2 Å². The molecule has 0 atom stereocenters. The first kappa shape index (κ1) is 23.4. The second-order valence-corrected chi connectivity index (χ2v) is 6.75. The van der Waals surface area contributed by atoms with Crippen molar-refractivity contribution in [2.24, 2.45) is 4.99 Å². The lowest BCUT2D eigenvalue weighted by atomic mass is 10.1. The number of hydrogen-bond donors (Lipinski definition) is 2. The summed E-state index contributed by atoms with van der Waals surface area (Å²) in [4.78, 5) is 18.6. The van der Waals surface area contributed by atoms with E-state index in [1.807, 2.05) is 50.4 Å². The second kappa shape index (κ2) is 12.0. The van der Waals surface area contributed by atoms with Crippen molar-refractivity contribution in [3.8, 4) is 0 Å². The first-order valence-electron chi connectivity index (χ1n) is 8.59. The van der Waals surface area contributed by atoms with Crippen LogP contribution >= 0.6 is 39.9 Å². The van der Waals surface area contributed by atoms with Gasteiger partial charge in [-0.3, -0.25) is 4.79 Å². The van der Waals surface area contributed by atoms with Gasteiger partial charge in [-0.15, -0.1) is 24.0 Å². The van der Waals surface area contributed by atoms with E-state index in [0.29, 0.717) is 12.1 Å². The van der Waals surface area contributed by atoms with Crippen LogP contribution in [0.5, 0.6) is 0 Å². The molecule has 0 aliphatic carbocycles. The third-order valence-corrected chi connectivity index (χ3v) is 4.66. The number of halogens is 2. The van der Waals surface area contributed by atoms with Crippen LogP contribution in [0.4, 0.5) is 0 Å². The first-order chi connectivity index (χ1) is 12.5. The summed E-state index contributed by atoms with van der Waals surface area (Å²) >= 11 is 3.59. The molecule has 0 radical (unpaired) electrons. The Morgan fingerprint density at radius 3 is 2.59 bits per heavy atom. The number of guanidine groups is 1. The van der Waals surface area contributed by atoms with Gasteiger partial charge in [0.25, 0.3) is 5.91 Å². The van der Waals surface area contributed by atoms with Gasteiger partial charge in [-0.2, -0.15) is 0 Å². The Morgan fingerprint density at radius 1 is 1.19 bits per heavy atom. The number of aliphatic imine (C=N–C) groups is 1. The summed E-state index contributed by atoms with van der Waals surface area (Å²) in [6.45, 7) is 4.09. The van der Waals surface area contributed by atoms with Gasteiger partial charge in [-0.1, -0.05) is 46.3 Å². The molecule has 2 N–H and O–H groups in total. The van der Waals surface area contributed by atoms with E-state index < -0.39 is 0 Å². The topological polar surface area (TPSA) is 56.7 Å². The molecule has 0 fully saturated rings. The van der Waals surface area contributed by atoms with Gasteiger partial charge in [0, 0.05) is 37.2 Å². The van der Waals surface area contributed by atoms with E-state index in [4.69, 9.17) is 4.99 Å². The summed E-state index contributed by atoms with van der Waals surface area (Å²) in [7, 11) is 3.65. The van der Waals surface area contributed by atoms with Crippen molar-refractivity contribution in [2.75, 3.05) is 20.6 Å². The number of nitrogens with one attached hydrogen (secondary N) is 2. The fourth-order valence-electron chi connectivity index (χ4n) is 2.55. The fraction of sp³-hybridized carbons (Fsp3) is 0.300. The minimum Gasteiger partial charge on any atom is -0.357 e. The van der Waals surface area contributed by atoms with Gasteiger partial charge in [-0.25, -0.2) is 4.99 Å². The van der Waals surface area contributed by atoms with E-state index in [9.17, 15) is 4.79 Å². The van der Waals surface area contributed by atoms with Gasteiger partial charge < -0.3 is 15.5 Å². The molecule has 0 unspecified atom stereocenters. The maximum absolute atomic E-state index is 11.8. The molecular formula is C20H26BrIN4O. The van der Waals surface area contributed by atoms with E-state index in [2.05, 4.69) is 37.5 Å². The molecule has 0 heterocycles. The van der Waals surface area contributed by atoms with Crippen molar-refractivity contribution >= 4 is 51.8 Å². The van der Waals surface area contributed by atoms with E-state index >= 15 is 0 Å². The molecule has 2 rings (SSSR count). The largest absolute Gasteiger partial charge is 0.357 e. The third-order valence-electron chi connectivity index (χ3n) is 3.89. The van der Waals surface area contributed by atoms with Crippen molar-refractivity contribution in [1.82, 2.24) is 15.5 Å². The van der Waals surface area contributed by atoms with Crippen LogP contribution in [0.1, 0.15) is 28.4 Å². The van der Waals surface area contributed by atoms with E-state index in [-0.39, 0.29) is 29.9 Å². The molecule has 0 spiro atoms. The predicted octanol–water partition coefficient (Wildman–Crippen LogP) is 4.02. The molecule has 146 valence electrons. The van der Waals surface area contributed by atoms with Gasteiger partial charge in [0.15, 0.2) is 5.96 Å². The number of carbonyl (C=O) groups excluding carboxylic acids is 1. The molecule has 7 heteroatoms. The Bertz CT molecular complexity index is 782. The van der Waals surface area contributed by atoms with Crippen molar-refractivity contribution in [1.29, 1.82) is 0 Å². The van der Waals surface area contributed by atoms with Crippen molar-refractivity contribution in [3.63, 3.8) is 0 Å². The highest BCUT2D eigenvalue weighted by atomic mass is 127. The zero-order valence-electron chi connectivity index (χ0n) is 15.8. The van der Waals surface area contributed by atoms with Gasteiger partial charge >= 0.3 is 0 Å². The van der Waals surface area contributed by atoms with Crippen LogP contribution in [0.15, 0.2) is 58.0 Å². The zero-order valence-corrected chi connectivity index (χ0v) is 19.7. The van der Waals surface area contributed by atoms with Gasteiger partial charge in [0.2, 0.25) is 0 Å². The predicted molar refractivity (Wildman–Crippen MR) is 126 cm³/mol. The average molecular weight is 545 g/mol. The molecule has 2 aromatic carbocycles. The standard InChI is InChI=1S/C20H25BrN4O.HI/c1-4-23-20(25(3)14-17-9-5-6-11-18(17)21)24-13-15-8-7-10-16(12-15)19(26)22-2;/h5-12H,4,13-14H2,1-3H3,(H,22,26)(H,23,24);1H. The van der Waals surface area contributed by atoms with Gasteiger partial charge in [0.05, 0.1) is 6.54 Å². The van der Waals surface area contributed by atoms with Crippen LogP contribution in [0.2, 0.25) is 0 Å². The minimum absolute atomic E-state index is 0. The molecule has 1 amide bonds. The average Bonchev–Trinajstić information content (AvgIpc) is 2.66. The number of carbonyl (C=O) groups is 1. The molecular weight excluding hydrogens is 519 g/mol. The molecule has 0 aromatic heterocycles. The summed E-state index contributed by atoms with van der Waals surface area (Å²) in [6, 6.07) is 15.7. The lowest BCUT2D eigenvalue weighted by Gasteiger charge is -2.22. The fourth-order valence-corrected chi connectivity index (χ4v) is 2.96. The monoisotopic (exact) mass is 544 g/mol. The summed E-state index contributed by atoms with van der Waals surface area (Å²) in [5.74, 6) is 0.738. The highest BCUT2D eigenvalue weighted by Crippen LogP contribution is 2.17. The summed E-state index contributed by atoms with van der Waals surface area (Å²) in [6.07, 6.45) is 0. The number of rotatable bonds is 6. The normalized spacial score (nSPS) is 10.7. The highest BCUT2D eigenvalue weighted by molar-refractivity contribution is 14.0. The van der Waals surface area contributed by atoms with Crippen molar-refractivity contribution < 1.29 is 4.79 Å². The quantitative estimate of drug-likeness (QED) is 0.328. The van der Waals surface area contributed by atoms with E-state index in [0.717, 1.165) is 29.1 Å². The third kappa shape index (κ3) is 7.14. The SMILES string of the molecule is CCNC(=NCc1cccc(C(=O)NC)c1)N(C)Cc1ccccc1Br.I. The molecule has 0 saturated heterocycles. The van der Waals surface area contributed by atoms with Crippen LogP contribution in [-0.4, -0.2) is 37.4 Å². The first-order valence-corrected chi connectivity index (χ1v) is 9.38. The van der Waals surface area contributed by atoms with Crippen LogP contribution in [0.25, 0.3) is 0 Å². The van der Waals surface area contributed by atoms with Crippen LogP contribution in [0, 0.1) is 0 Å². The summed E-state index contributed by atoms with van der Waals surface area (Å²) < 4.78 is 1.08. The molecule has 0 bridgehead atoms. The molecule has 0 saturated carbocycles. The molecule has 2 aromatic rings.